The number of carbonyl (C=O) groups is 1. The van der Waals surface area contributed by atoms with Crippen LogP contribution in [0.3, 0.4) is 0 Å². The third kappa shape index (κ3) is 4.43. The molecule has 3 rings (SSSR count). The molecule has 0 radical (unpaired) electrons. The molecule has 0 bridgehead atoms. The van der Waals surface area contributed by atoms with E-state index in [4.69, 9.17) is 4.74 Å². The first kappa shape index (κ1) is 15.8. The average molecular weight is 328 g/mol. The number of morpholine rings is 1. The van der Waals surface area contributed by atoms with E-state index >= 15 is 0 Å². The van der Waals surface area contributed by atoms with Crippen molar-refractivity contribution in [1.29, 1.82) is 0 Å². The highest BCUT2D eigenvalue weighted by molar-refractivity contribution is 7.10. The highest BCUT2D eigenvalue weighted by Crippen LogP contribution is 2.21. The van der Waals surface area contributed by atoms with E-state index < -0.39 is 0 Å². The van der Waals surface area contributed by atoms with E-state index in [2.05, 4.69) is 22.3 Å². The Balaban J connectivity index is 1.60. The molecular formula is C18H20N2O2S. The minimum absolute atomic E-state index is 0.0739. The minimum atomic E-state index is -0.0739. The maximum Gasteiger partial charge on any atom is 0.244 e. The molecule has 1 fully saturated rings. The number of hydrogen-bond acceptors (Lipinski definition) is 4. The van der Waals surface area contributed by atoms with Crippen LogP contribution in [0.15, 0.2) is 47.9 Å². The molecule has 0 spiro atoms. The van der Waals surface area contributed by atoms with Crippen molar-refractivity contribution in [3.63, 3.8) is 0 Å². The molecule has 1 aliphatic heterocycles. The lowest BCUT2D eigenvalue weighted by atomic mass is 10.1. The van der Waals surface area contributed by atoms with E-state index in [9.17, 15) is 4.79 Å². The van der Waals surface area contributed by atoms with Gasteiger partial charge in [-0.15, -0.1) is 11.3 Å². The number of nitrogens with zero attached hydrogens (tertiary/aromatic N) is 1. The van der Waals surface area contributed by atoms with E-state index in [0.29, 0.717) is 6.54 Å². The highest BCUT2D eigenvalue weighted by atomic mass is 32.1. The van der Waals surface area contributed by atoms with Gasteiger partial charge in [0.1, 0.15) is 0 Å². The molecule has 0 aliphatic carbocycles. The molecule has 0 saturated carbocycles. The first-order valence-corrected chi connectivity index (χ1v) is 8.61. The number of benzene rings is 1. The number of nitrogens with one attached hydrogen (secondary N) is 1. The van der Waals surface area contributed by atoms with Gasteiger partial charge >= 0.3 is 0 Å². The van der Waals surface area contributed by atoms with Crippen LogP contribution >= 0.6 is 11.3 Å². The van der Waals surface area contributed by atoms with Crippen molar-refractivity contribution < 1.29 is 9.53 Å². The predicted molar refractivity (Wildman–Crippen MR) is 94.7 cm³/mol. The largest absolute Gasteiger partial charge is 0.378 e. The van der Waals surface area contributed by atoms with Crippen LogP contribution in [0, 0.1) is 0 Å². The third-order valence-electron chi connectivity index (χ3n) is 3.74. The second-order valence-corrected chi connectivity index (χ2v) is 6.27. The van der Waals surface area contributed by atoms with Crippen molar-refractivity contribution in [2.45, 2.75) is 6.54 Å². The fraction of sp³-hybridized carbons (Fsp3) is 0.278. The maximum absolute atomic E-state index is 12.0. The second-order valence-electron chi connectivity index (χ2n) is 5.29. The van der Waals surface area contributed by atoms with Gasteiger partial charge in [0.15, 0.2) is 0 Å². The van der Waals surface area contributed by atoms with Crippen molar-refractivity contribution in [1.82, 2.24) is 5.32 Å². The van der Waals surface area contributed by atoms with E-state index in [1.165, 1.54) is 5.69 Å². The Morgan fingerprint density at radius 1 is 1.22 bits per heavy atom. The number of para-hydroxylation sites is 1. The van der Waals surface area contributed by atoms with Crippen LogP contribution in [0.25, 0.3) is 6.08 Å². The zero-order valence-electron chi connectivity index (χ0n) is 12.9. The molecule has 0 unspecified atom stereocenters. The van der Waals surface area contributed by atoms with Gasteiger partial charge in [0.25, 0.3) is 0 Å². The molecule has 4 nitrogen and oxygen atoms in total. The zero-order valence-corrected chi connectivity index (χ0v) is 13.7. The first-order chi connectivity index (χ1) is 11.3. The third-order valence-corrected chi connectivity index (χ3v) is 4.58. The van der Waals surface area contributed by atoms with Crippen LogP contribution in [0.4, 0.5) is 5.69 Å². The Bertz CT molecular complexity index is 661. The summed E-state index contributed by atoms with van der Waals surface area (Å²) in [6.45, 7) is 3.82. The Hall–Kier alpha value is -2.11. The molecule has 2 heterocycles. The maximum atomic E-state index is 12.0. The van der Waals surface area contributed by atoms with Gasteiger partial charge < -0.3 is 15.0 Å². The van der Waals surface area contributed by atoms with Crippen LogP contribution in [0.1, 0.15) is 10.4 Å². The fourth-order valence-corrected chi connectivity index (χ4v) is 3.18. The van der Waals surface area contributed by atoms with Crippen LogP contribution in [-0.2, 0) is 16.1 Å². The number of carbonyl (C=O) groups excluding carboxylic acids is 1. The minimum Gasteiger partial charge on any atom is -0.378 e. The van der Waals surface area contributed by atoms with E-state index in [1.54, 1.807) is 17.4 Å². The summed E-state index contributed by atoms with van der Waals surface area (Å²) in [5.74, 6) is -0.0739. The van der Waals surface area contributed by atoms with E-state index in [0.717, 1.165) is 36.7 Å². The molecule has 1 aliphatic rings. The van der Waals surface area contributed by atoms with Gasteiger partial charge in [-0.2, -0.15) is 0 Å². The number of amides is 1. The molecule has 0 atom stereocenters. The smallest absolute Gasteiger partial charge is 0.244 e. The average Bonchev–Trinajstić information content (AvgIpc) is 3.13. The monoisotopic (exact) mass is 328 g/mol. The van der Waals surface area contributed by atoms with Gasteiger partial charge in [0, 0.05) is 36.3 Å². The Morgan fingerprint density at radius 3 is 2.83 bits per heavy atom. The molecule has 1 saturated heterocycles. The molecule has 5 heteroatoms. The predicted octanol–water partition coefficient (Wildman–Crippen LogP) is 2.91. The fourth-order valence-electron chi connectivity index (χ4n) is 2.56. The van der Waals surface area contributed by atoms with Crippen molar-refractivity contribution in [2.24, 2.45) is 0 Å². The first-order valence-electron chi connectivity index (χ1n) is 7.73. The van der Waals surface area contributed by atoms with Crippen molar-refractivity contribution in [2.75, 3.05) is 31.2 Å². The summed E-state index contributed by atoms with van der Waals surface area (Å²) in [4.78, 5) is 15.4. The zero-order chi connectivity index (χ0) is 15.9. The summed E-state index contributed by atoms with van der Waals surface area (Å²) in [5.41, 5.74) is 2.31. The summed E-state index contributed by atoms with van der Waals surface area (Å²) in [5, 5.41) is 4.96. The van der Waals surface area contributed by atoms with Crippen molar-refractivity contribution in [3.05, 3.63) is 58.3 Å². The Kier molecular flexibility index (Phi) is 5.45. The molecule has 1 amide bonds. The lowest BCUT2D eigenvalue weighted by molar-refractivity contribution is -0.116. The summed E-state index contributed by atoms with van der Waals surface area (Å²) in [6, 6.07) is 12.2. The number of ether oxygens (including phenoxy) is 1. The topological polar surface area (TPSA) is 41.6 Å². The lowest BCUT2D eigenvalue weighted by Gasteiger charge is -2.30. The van der Waals surface area contributed by atoms with Gasteiger partial charge in [-0.3, -0.25) is 4.79 Å². The van der Waals surface area contributed by atoms with Crippen LogP contribution < -0.4 is 10.2 Å². The second kappa shape index (κ2) is 7.94. The SMILES string of the molecule is O=C(C=Cc1cccs1)NCc1ccccc1N1CCOCC1. The quantitative estimate of drug-likeness (QED) is 0.858. The summed E-state index contributed by atoms with van der Waals surface area (Å²) < 4.78 is 5.41. The van der Waals surface area contributed by atoms with Gasteiger partial charge in [0.05, 0.1) is 13.2 Å². The molecular weight excluding hydrogens is 308 g/mol. The number of anilines is 1. The summed E-state index contributed by atoms with van der Waals surface area (Å²) in [6.07, 6.45) is 3.43. The molecule has 1 aromatic carbocycles. The van der Waals surface area contributed by atoms with Gasteiger partial charge in [0.2, 0.25) is 5.91 Å². The standard InChI is InChI=1S/C18H20N2O2S/c21-18(8-7-16-5-3-13-23-16)19-14-15-4-1-2-6-17(15)20-9-11-22-12-10-20/h1-8,13H,9-12,14H2,(H,19,21). The molecule has 120 valence electrons. The van der Waals surface area contributed by atoms with E-state index in [-0.39, 0.29) is 5.91 Å². The number of rotatable bonds is 5. The van der Waals surface area contributed by atoms with Crippen molar-refractivity contribution >= 4 is 29.0 Å². The molecule has 2 aromatic rings. The molecule has 1 N–H and O–H groups in total. The highest BCUT2D eigenvalue weighted by Gasteiger charge is 2.14. The van der Waals surface area contributed by atoms with E-state index in [1.807, 2.05) is 35.7 Å². The van der Waals surface area contributed by atoms with Crippen LogP contribution in [-0.4, -0.2) is 32.2 Å². The van der Waals surface area contributed by atoms with Gasteiger partial charge in [-0.05, 0) is 29.2 Å². The van der Waals surface area contributed by atoms with Crippen molar-refractivity contribution in [3.8, 4) is 0 Å². The van der Waals surface area contributed by atoms with Gasteiger partial charge in [-0.25, -0.2) is 0 Å². The summed E-state index contributed by atoms with van der Waals surface area (Å²) >= 11 is 1.62. The Labute approximate surface area is 140 Å². The number of thiophene rings is 1. The number of hydrogen-bond donors (Lipinski definition) is 1. The van der Waals surface area contributed by atoms with Crippen LogP contribution in [0.5, 0.6) is 0 Å². The molecule has 1 aromatic heterocycles. The van der Waals surface area contributed by atoms with Gasteiger partial charge in [-0.1, -0.05) is 24.3 Å². The summed E-state index contributed by atoms with van der Waals surface area (Å²) in [7, 11) is 0. The van der Waals surface area contributed by atoms with Crippen LogP contribution in [0.2, 0.25) is 0 Å². The normalized spacial score (nSPS) is 15.0. The Morgan fingerprint density at radius 2 is 2.04 bits per heavy atom. The molecule has 23 heavy (non-hydrogen) atoms. The lowest BCUT2D eigenvalue weighted by Crippen LogP contribution is -2.37.